The van der Waals surface area contributed by atoms with E-state index in [9.17, 15) is 4.79 Å². The molecule has 1 aliphatic rings. The van der Waals surface area contributed by atoms with Gasteiger partial charge in [-0.05, 0) is 25.1 Å². The third kappa shape index (κ3) is 4.95. The van der Waals surface area contributed by atoms with Gasteiger partial charge in [0.25, 0.3) is 0 Å². The average Bonchev–Trinajstić information content (AvgIpc) is 3.07. The van der Waals surface area contributed by atoms with Crippen molar-refractivity contribution in [1.29, 1.82) is 0 Å². The largest absolute Gasteiger partial charge is 0.489 e. The highest BCUT2D eigenvalue weighted by Gasteiger charge is 2.31. The highest BCUT2D eigenvalue weighted by atomic mass is 16.7. The van der Waals surface area contributed by atoms with Crippen molar-refractivity contribution in [2.24, 2.45) is 0 Å². The molecule has 25 heavy (non-hydrogen) atoms. The SMILES string of the molecule is CC1(CNC(=O)Nc2ccccc2COc2ccccc2)OCCO1. The number of anilines is 1. The number of nitrogens with one attached hydrogen (secondary N) is 2. The lowest BCUT2D eigenvalue weighted by Crippen LogP contribution is -2.43. The van der Waals surface area contributed by atoms with E-state index < -0.39 is 5.79 Å². The van der Waals surface area contributed by atoms with E-state index in [0.29, 0.717) is 25.5 Å². The lowest BCUT2D eigenvalue weighted by atomic mass is 10.2. The van der Waals surface area contributed by atoms with Gasteiger partial charge in [0.15, 0.2) is 5.79 Å². The quantitative estimate of drug-likeness (QED) is 0.846. The topological polar surface area (TPSA) is 68.8 Å². The monoisotopic (exact) mass is 342 g/mol. The summed E-state index contributed by atoms with van der Waals surface area (Å²) in [6, 6.07) is 16.8. The van der Waals surface area contributed by atoms with Crippen LogP contribution in [0.15, 0.2) is 54.6 Å². The molecule has 1 heterocycles. The van der Waals surface area contributed by atoms with E-state index in [0.717, 1.165) is 11.3 Å². The Morgan fingerprint density at radius 1 is 1.08 bits per heavy atom. The summed E-state index contributed by atoms with van der Waals surface area (Å²) in [6.07, 6.45) is 0. The first-order chi connectivity index (χ1) is 12.1. The second kappa shape index (κ2) is 8.00. The zero-order valence-corrected chi connectivity index (χ0v) is 14.2. The van der Waals surface area contributed by atoms with Crippen LogP contribution in [0.1, 0.15) is 12.5 Å². The van der Waals surface area contributed by atoms with Crippen LogP contribution in [0.4, 0.5) is 10.5 Å². The summed E-state index contributed by atoms with van der Waals surface area (Å²) in [5.41, 5.74) is 1.59. The van der Waals surface area contributed by atoms with Gasteiger partial charge in [-0.1, -0.05) is 36.4 Å². The number of carbonyl (C=O) groups is 1. The Morgan fingerprint density at radius 2 is 1.76 bits per heavy atom. The van der Waals surface area contributed by atoms with Gasteiger partial charge in [-0.25, -0.2) is 4.79 Å². The van der Waals surface area contributed by atoms with E-state index in [-0.39, 0.29) is 12.6 Å². The van der Waals surface area contributed by atoms with E-state index in [2.05, 4.69) is 10.6 Å². The molecular formula is C19H22N2O4. The van der Waals surface area contributed by atoms with E-state index in [1.54, 1.807) is 0 Å². The van der Waals surface area contributed by atoms with Gasteiger partial charge in [0.2, 0.25) is 0 Å². The molecule has 3 rings (SSSR count). The van der Waals surface area contributed by atoms with Crippen molar-refractivity contribution in [3.63, 3.8) is 0 Å². The number of para-hydroxylation sites is 2. The minimum atomic E-state index is -0.757. The first kappa shape index (κ1) is 17.3. The zero-order chi connectivity index (χ0) is 17.5. The van der Waals surface area contributed by atoms with E-state index in [1.807, 2.05) is 61.5 Å². The number of carbonyl (C=O) groups excluding carboxylic acids is 1. The minimum absolute atomic E-state index is 0.279. The Hall–Kier alpha value is -2.57. The predicted molar refractivity (Wildman–Crippen MR) is 94.5 cm³/mol. The van der Waals surface area contributed by atoms with Crippen LogP contribution in [-0.2, 0) is 16.1 Å². The van der Waals surface area contributed by atoms with Crippen molar-refractivity contribution < 1.29 is 19.0 Å². The maximum Gasteiger partial charge on any atom is 0.319 e. The first-order valence-electron chi connectivity index (χ1n) is 8.23. The molecule has 0 unspecified atom stereocenters. The summed E-state index contributed by atoms with van der Waals surface area (Å²) >= 11 is 0. The molecule has 1 saturated heterocycles. The Morgan fingerprint density at radius 3 is 2.52 bits per heavy atom. The van der Waals surface area contributed by atoms with Crippen molar-refractivity contribution in [3.8, 4) is 5.75 Å². The fourth-order valence-electron chi connectivity index (χ4n) is 2.51. The second-order valence-electron chi connectivity index (χ2n) is 5.90. The summed E-state index contributed by atoms with van der Waals surface area (Å²) in [5, 5.41) is 5.62. The number of rotatable bonds is 6. The number of benzene rings is 2. The van der Waals surface area contributed by atoms with Crippen molar-refractivity contribution in [3.05, 3.63) is 60.2 Å². The maximum absolute atomic E-state index is 12.2. The Kier molecular flexibility index (Phi) is 5.53. The predicted octanol–water partition coefficient (Wildman–Crippen LogP) is 3.15. The number of hydrogen-bond acceptors (Lipinski definition) is 4. The number of ether oxygens (including phenoxy) is 3. The smallest absolute Gasteiger partial charge is 0.319 e. The number of hydrogen-bond donors (Lipinski definition) is 2. The highest BCUT2D eigenvalue weighted by molar-refractivity contribution is 5.90. The molecule has 2 aromatic carbocycles. The van der Waals surface area contributed by atoms with Gasteiger partial charge in [-0.2, -0.15) is 0 Å². The fraction of sp³-hybridized carbons (Fsp3) is 0.316. The molecule has 0 aromatic heterocycles. The van der Waals surface area contributed by atoms with Crippen LogP contribution in [-0.4, -0.2) is 31.6 Å². The van der Waals surface area contributed by atoms with Gasteiger partial charge >= 0.3 is 6.03 Å². The third-order valence-corrected chi connectivity index (χ3v) is 3.87. The molecule has 2 amide bonds. The van der Waals surface area contributed by atoms with Crippen molar-refractivity contribution in [2.75, 3.05) is 25.1 Å². The molecule has 2 aromatic rings. The van der Waals surface area contributed by atoms with Gasteiger partial charge in [-0.15, -0.1) is 0 Å². The van der Waals surface area contributed by atoms with Crippen LogP contribution >= 0.6 is 0 Å². The molecular weight excluding hydrogens is 320 g/mol. The van der Waals surface area contributed by atoms with Crippen LogP contribution in [0.3, 0.4) is 0 Å². The highest BCUT2D eigenvalue weighted by Crippen LogP contribution is 2.19. The molecule has 0 atom stereocenters. The van der Waals surface area contributed by atoms with Crippen molar-refractivity contribution >= 4 is 11.7 Å². The molecule has 0 bridgehead atoms. The molecule has 1 aliphatic heterocycles. The van der Waals surface area contributed by atoms with Gasteiger partial charge in [-0.3, -0.25) is 0 Å². The lowest BCUT2D eigenvalue weighted by molar-refractivity contribution is -0.136. The summed E-state index contributed by atoms with van der Waals surface area (Å²) in [4.78, 5) is 12.2. The summed E-state index contributed by atoms with van der Waals surface area (Å²) < 4.78 is 16.7. The Labute approximate surface area is 147 Å². The molecule has 0 radical (unpaired) electrons. The fourth-order valence-corrected chi connectivity index (χ4v) is 2.51. The van der Waals surface area contributed by atoms with Crippen LogP contribution in [0.5, 0.6) is 5.75 Å². The molecule has 2 N–H and O–H groups in total. The van der Waals surface area contributed by atoms with Gasteiger partial charge in [0.1, 0.15) is 12.4 Å². The first-order valence-corrected chi connectivity index (χ1v) is 8.23. The maximum atomic E-state index is 12.2. The molecule has 0 spiro atoms. The van der Waals surface area contributed by atoms with Crippen LogP contribution in [0.2, 0.25) is 0 Å². The summed E-state index contributed by atoms with van der Waals surface area (Å²) in [6.45, 7) is 3.53. The molecule has 0 saturated carbocycles. The normalized spacial score (nSPS) is 15.6. The van der Waals surface area contributed by atoms with Gasteiger partial charge in [0, 0.05) is 11.3 Å². The van der Waals surface area contributed by atoms with Crippen LogP contribution < -0.4 is 15.4 Å². The Bertz CT molecular complexity index is 700. The summed E-state index contributed by atoms with van der Waals surface area (Å²) in [5.74, 6) is 0.0259. The molecule has 1 fully saturated rings. The second-order valence-corrected chi connectivity index (χ2v) is 5.90. The van der Waals surface area contributed by atoms with Crippen molar-refractivity contribution in [2.45, 2.75) is 19.3 Å². The van der Waals surface area contributed by atoms with E-state index in [1.165, 1.54) is 0 Å². The third-order valence-electron chi connectivity index (χ3n) is 3.87. The zero-order valence-electron chi connectivity index (χ0n) is 14.2. The Balaban J connectivity index is 1.55. The lowest BCUT2D eigenvalue weighted by Gasteiger charge is -2.22. The number of urea groups is 1. The molecule has 6 heteroatoms. The summed E-state index contributed by atoms with van der Waals surface area (Å²) in [7, 11) is 0. The standard InChI is InChI=1S/C19H22N2O4/c1-19(24-11-12-25-19)14-20-18(22)21-17-10-6-5-7-15(17)13-23-16-8-3-2-4-9-16/h2-10H,11-14H2,1H3,(H2,20,21,22). The average molecular weight is 342 g/mol. The van der Waals surface area contributed by atoms with Gasteiger partial charge < -0.3 is 24.8 Å². The van der Waals surface area contributed by atoms with E-state index >= 15 is 0 Å². The van der Waals surface area contributed by atoms with Gasteiger partial charge in [0.05, 0.1) is 19.8 Å². The minimum Gasteiger partial charge on any atom is -0.489 e. The molecule has 6 nitrogen and oxygen atoms in total. The van der Waals surface area contributed by atoms with Crippen LogP contribution in [0.25, 0.3) is 0 Å². The molecule has 0 aliphatic carbocycles. The van der Waals surface area contributed by atoms with Crippen molar-refractivity contribution in [1.82, 2.24) is 5.32 Å². The number of amides is 2. The molecule has 132 valence electrons. The van der Waals surface area contributed by atoms with E-state index in [4.69, 9.17) is 14.2 Å². The van der Waals surface area contributed by atoms with Crippen LogP contribution in [0, 0.1) is 0 Å².